The van der Waals surface area contributed by atoms with Gasteiger partial charge in [-0.3, -0.25) is 0 Å². The average molecular weight is 187 g/mol. The quantitative estimate of drug-likeness (QED) is 0.708. The molecule has 0 bridgehead atoms. The standard InChI is InChI=1S/C8H17N.2C2H6/c1-3-5-8(4-2)6-9-7-8;2*1-2/h9H,3-7H2,1-2H3;2*1-2H3. The lowest BCUT2D eigenvalue weighted by Gasteiger charge is -2.42. The molecule has 1 saturated heterocycles. The van der Waals surface area contributed by atoms with E-state index in [4.69, 9.17) is 0 Å². The minimum Gasteiger partial charge on any atom is -0.316 e. The molecule has 0 radical (unpaired) electrons. The molecule has 82 valence electrons. The van der Waals surface area contributed by atoms with Gasteiger partial charge in [-0.2, -0.15) is 0 Å². The summed E-state index contributed by atoms with van der Waals surface area (Å²) < 4.78 is 0. The number of hydrogen-bond donors (Lipinski definition) is 1. The summed E-state index contributed by atoms with van der Waals surface area (Å²) in [6.45, 7) is 15.1. The molecule has 1 nitrogen and oxygen atoms in total. The van der Waals surface area contributed by atoms with E-state index in [9.17, 15) is 0 Å². The average Bonchev–Trinajstić information content (AvgIpc) is 2.18. The zero-order chi connectivity index (χ0) is 10.7. The van der Waals surface area contributed by atoms with Crippen molar-refractivity contribution in [3.63, 3.8) is 0 Å². The Morgan fingerprint density at radius 1 is 1.00 bits per heavy atom. The summed E-state index contributed by atoms with van der Waals surface area (Å²) in [7, 11) is 0. The van der Waals surface area contributed by atoms with E-state index in [0.717, 1.165) is 0 Å². The zero-order valence-electron chi connectivity index (χ0n) is 10.5. The Kier molecular flexibility index (Phi) is 11.9. The highest BCUT2D eigenvalue weighted by atomic mass is 15.0. The molecule has 1 heterocycles. The number of rotatable bonds is 3. The first-order valence-electron chi connectivity index (χ1n) is 6.04. The summed E-state index contributed by atoms with van der Waals surface area (Å²) in [5.41, 5.74) is 0.703. The Balaban J connectivity index is 0. The molecule has 0 atom stereocenters. The van der Waals surface area contributed by atoms with Crippen LogP contribution in [0.15, 0.2) is 0 Å². The monoisotopic (exact) mass is 187 g/mol. The van der Waals surface area contributed by atoms with Gasteiger partial charge in [0.1, 0.15) is 0 Å². The fourth-order valence-corrected chi connectivity index (χ4v) is 1.61. The van der Waals surface area contributed by atoms with Crippen molar-refractivity contribution in [1.82, 2.24) is 5.32 Å². The molecule has 1 fully saturated rings. The SMILES string of the molecule is CC.CC.CCCC1(CC)CNC1. The molecule has 0 aromatic heterocycles. The Bertz CT molecular complexity index is 79.6. The van der Waals surface area contributed by atoms with E-state index in [0.29, 0.717) is 5.41 Å². The highest BCUT2D eigenvalue weighted by Gasteiger charge is 2.33. The van der Waals surface area contributed by atoms with Crippen LogP contribution in [0.4, 0.5) is 0 Å². The maximum Gasteiger partial charge on any atom is 0.00201 e. The summed E-state index contributed by atoms with van der Waals surface area (Å²) in [5.74, 6) is 0. The van der Waals surface area contributed by atoms with Crippen LogP contribution in [0.2, 0.25) is 0 Å². The van der Waals surface area contributed by atoms with Gasteiger partial charge >= 0.3 is 0 Å². The van der Waals surface area contributed by atoms with Crippen molar-refractivity contribution in [3.05, 3.63) is 0 Å². The molecule has 0 saturated carbocycles. The van der Waals surface area contributed by atoms with Gasteiger partial charge in [-0.15, -0.1) is 0 Å². The second-order valence-corrected chi connectivity index (χ2v) is 3.21. The summed E-state index contributed by atoms with van der Waals surface area (Å²) >= 11 is 0. The fourth-order valence-electron chi connectivity index (χ4n) is 1.61. The summed E-state index contributed by atoms with van der Waals surface area (Å²) in [6.07, 6.45) is 4.11. The lowest BCUT2D eigenvalue weighted by atomic mass is 9.76. The van der Waals surface area contributed by atoms with Crippen LogP contribution in [0, 0.1) is 5.41 Å². The second kappa shape index (κ2) is 10.0. The summed E-state index contributed by atoms with van der Waals surface area (Å²) in [4.78, 5) is 0. The first kappa shape index (κ1) is 15.4. The van der Waals surface area contributed by atoms with Crippen molar-refractivity contribution in [2.45, 2.75) is 60.8 Å². The van der Waals surface area contributed by atoms with Crippen LogP contribution < -0.4 is 5.32 Å². The summed E-state index contributed by atoms with van der Waals surface area (Å²) in [6, 6.07) is 0. The molecule has 0 amide bonds. The Labute approximate surface area is 85.3 Å². The van der Waals surface area contributed by atoms with Gasteiger partial charge in [-0.05, 0) is 18.3 Å². The van der Waals surface area contributed by atoms with Gasteiger partial charge in [0, 0.05) is 13.1 Å². The van der Waals surface area contributed by atoms with Crippen LogP contribution in [0.5, 0.6) is 0 Å². The van der Waals surface area contributed by atoms with Crippen molar-refractivity contribution in [1.29, 1.82) is 0 Å². The van der Waals surface area contributed by atoms with E-state index in [1.54, 1.807) is 0 Å². The van der Waals surface area contributed by atoms with E-state index in [1.165, 1.54) is 32.4 Å². The third-order valence-corrected chi connectivity index (χ3v) is 2.53. The van der Waals surface area contributed by atoms with Crippen LogP contribution in [0.3, 0.4) is 0 Å². The van der Waals surface area contributed by atoms with Crippen LogP contribution in [0.25, 0.3) is 0 Å². The molecule has 1 aliphatic heterocycles. The molecule has 0 unspecified atom stereocenters. The van der Waals surface area contributed by atoms with Gasteiger partial charge in [-0.25, -0.2) is 0 Å². The van der Waals surface area contributed by atoms with Crippen LogP contribution in [0.1, 0.15) is 60.8 Å². The Morgan fingerprint density at radius 2 is 1.46 bits per heavy atom. The first-order chi connectivity index (χ1) is 6.33. The second-order valence-electron chi connectivity index (χ2n) is 3.21. The van der Waals surface area contributed by atoms with E-state index < -0.39 is 0 Å². The smallest absolute Gasteiger partial charge is 0.00201 e. The van der Waals surface area contributed by atoms with Gasteiger partial charge in [0.2, 0.25) is 0 Å². The van der Waals surface area contributed by atoms with Gasteiger partial charge < -0.3 is 5.32 Å². The van der Waals surface area contributed by atoms with Crippen molar-refractivity contribution < 1.29 is 0 Å². The van der Waals surface area contributed by atoms with Gasteiger partial charge in [0.15, 0.2) is 0 Å². The molecule has 0 spiro atoms. The highest BCUT2D eigenvalue weighted by Crippen LogP contribution is 2.31. The van der Waals surface area contributed by atoms with Crippen molar-refractivity contribution in [2.75, 3.05) is 13.1 Å². The maximum absolute atomic E-state index is 3.34. The molecular weight excluding hydrogens is 158 g/mol. The summed E-state index contributed by atoms with van der Waals surface area (Å²) in [5, 5.41) is 3.34. The predicted molar refractivity (Wildman–Crippen MR) is 63.2 cm³/mol. The molecule has 0 aromatic carbocycles. The van der Waals surface area contributed by atoms with Crippen molar-refractivity contribution in [3.8, 4) is 0 Å². The highest BCUT2D eigenvalue weighted by molar-refractivity contribution is 4.90. The lowest BCUT2D eigenvalue weighted by Crippen LogP contribution is -2.52. The van der Waals surface area contributed by atoms with Crippen molar-refractivity contribution in [2.24, 2.45) is 5.41 Å². The molecule has 1 rings (SSSR count). The van der Waals surface area contributed by atoms with Gasteiger partial charge in [0.05, 0.1) is 0 Å². The largest absolute Gasteiger partial charge is 0.316 e. The molecule has 1 heteroatoms. The molecule has 1 aliphatic rings. The van der Waals surface area contributed by atoms with Crippen LogP contribution >= 0.6 is 0 Å². The fraction of sp³-hybridized carbons (Fsp3) is 1.00. The normalized spacial score (nSPS) is 17.1. The third kappa shape index (κ3) is 5.30. The minimum atomic E-state index is 0.703. The van der Waals surface area contributed by atoms with E-state index in [-0.39, 0.29) is 0 Å². The molecule has 0 aromatic rings. The first-order valence-corrected chi connectivity index (χ1v) is 6.04. The van der Waals surface area contributed by atoms with Crippen LogP contribution in [-0.4, -0.2) is 13.1 Å². The third-order valence-electron chi connectivity index (χ3n) is 2.53. The Hall–Kier alpha value is -0.0400. The lowest BCUT2D eigenvalue weighted by molar-refractivity contribution is 0.144. The topological polar surface area (TPSA) is 12.0 Å². The predicted octanol–water partition coefficient (Wildman–Crippen LogP) is 3.84. The number of nitrogens with one attached hydrogen (secondary N) is 1. The molecule has 0 aliphatic carbocycles. The van der Waals surface area contributed by atoms with Crippen molar-refractivity contribution >= 4 is 0 Å². The maximum atomic E-state index is 3.34. The van der Waals surface area contributed by atoms with Gasteiger partial charge in [0.25, 0.3) is 0 Å². The molecule has 1 N–H and O–H groups in total. The number of hydrogen-bond acceptors (Lipinski definition) is 1. The molecular formula is C12H29N. The Morgan fingerprint density at radius 3 is 1.54 bits per heavy atom. The van der Waals surface area contributed by atoms with E-state index in [1.807, 2.05) is 27.7 Å². The van der Waals surface area contributed by atoms with Gasteiger partial charge in [-0.1, -0.05) is 48.0 Å². The minimum absolute atomic E-state index is 0.703. The van der Waals surface area contributed by atoms with E-state index in [2.05, 4.69) is 19.2 Å². The van der Waals surface area contributed by atoms with Crippen LogP contribution in [-0.2, 0) is 0 Å². The molecule has 13 heavy (non-hydrogen) atoms. The zero-order valence-corrected chi connectivity index (χ0v) is 10.5. The van der Waals surface area contributed by atoms with E-state index >= 15 is 0 Å².